The van der Waals surface area contributed by atoms with Crippen molar-refractivity contribution in [2.24, 2.45) is 0 Å². The second-order valence-electron chi connectivity index (χ2n) is 2.04. The van der Waals surface area contributed by atoms with Gasteiger partial charge in [0.25, 0.3) is 0 Å². The first-order valence-electron chi connectivity index (χ1n) is 3.10. The van der Waals surface area contributed by atoms with Crippen molar-refractivity contribution in [1.29, 1.82) is 0 Å². The molecule has 1 aromatic carbocycles. The molecule has 0 saturated carbocycles. The number of aldehydes is 1. The van der Waals surface area contributed by atoms with Crippen molar-refractivity contribution in [3.05, 3.63) is 23.8 Å². The highest BCUT2D eigenvalue weighted by molar-refractivity contribution is 7.98. The molecule has 0 unspecified atom stereocenters. The van der Waals surface area contributed by atoms with E-state index in [-0.39, 0.29) is 5.75 Å². The molecular weight excluding hydrogens is 160 g/mol. The van der Waals surface area contributed by atoms with E-state index in [1.807, 2.05) is 6.26 Å². The summed E-state index contributed by atoms with van der Waals surface area (Å²) in [5.74, 6) is 0.194. The zero-order chi connectivity index (χ0) is 8.27. The number of carbonyl (C=O) groups is 1. The van der Waals surface area contributed by atoms with Crippen LogP contribution in [0.1, 0.15) is 10.4 Å². The van der Waals surface area contributed by atoms with E-state index < -0.39 is 0 Å². The minimum Gasteiger partial charge on any atom is -0.508 e. The molecular formula is C8H8O2S. The van der Waals surface area contributed by atoms with E-state index in [2.05, 4.69) is 0 Å². The lowest BCUT2D eigenvalue weighted by Gasteiger charge is -1.99. The number of carbonyl (C=O) groups excluding carboxylic acids is 1. The third-order valence-corrected chi connectivity index (χ3v) is 2.14. The van der Waals surface area contributed by atoms with Crippen molar-refractivity contribution >= 4 is 18.0 Å². The smallest absolute Gasteiger partial charge is 0.151 e. The lowest BCUT2D eigenvalue weighted by atomic mass is 10.2. The van der Waals surface area contributed by atoms with E-state index in [0.717, 1.165) is 11.2 Å². The summed E-state index contributed by atoms with van der Waals surface area (Å²) in [7, 11) is 0. The highest BCUT2D eigenvalue weighted by Gasteiger charge is 1.99. The van der Waals surface area contributed by atoms with Gasteiger partial charge in [0.15, 0.2) is 6.29 Å². The number of phenols is 1. The summed E-state index contributed by atoms with van der Waals surface area (Å²) >= 11 is 1.44. The Labute approximate surface area is 69.2 Å². The molecule has 0 saturated heterocycles. The number of rotatable bonds is 2. The maximum atomic E-state index is 10.4. The SMILES string of the molecule is CSc1cc(O)ccc1C=O. The normalized spacial score (nSPS) is 9.55. The van der Waals surface area contributed by atoms with Gasteiger partial charge in [-0.25, -0.2) is 0 Å². The highest BCUT2D eigenvalue weighted by Crippen LogP contribution is 2.23. The molecule has 0 aromatic heterocycles. The lowest BCUT2D eigenvalue weighted by molar-refractivity contribution is 0.112. The molecule has 1 N–H and O–H groups in total. The quantitative estimate of drug-likeness (QED) is 0.541. The molecule has 0 aliphatic heterocycles. The minimum absolute atomic E-state index is 0.194. The van der Waals surface area contributed by atoms with E-state index in [9.17, 15) is 4.79 Å². The van der Waals surface area contributed by atoms with Gasteiger partial charge in [-0.3, -0.25) is 4.79 Å². The monoisotopic (exact) mass is 168 g/mol. The molecule has 0 spiro atoms. The Morgan fingerprint density at radius 2 is 2.27 bits per heavy atom. The van der Waals surface area contributed by atoms with Gasteiger partial charge in [-0.1, -0.05) is 0 Å². The van der Waals surface area contributed by atoms with Gasteiger partial charge in [-0.05, 0) is 24.5 Å². The van der Waals surface area contributed by atoms with Gasteiger partial charge in [0, 0.05) is 10.5 Å². The maximum Gasteiger partial charge on any atom is 0.151 e. The van der Waals surface area contributed by atoms with E-state index in [1.165, 1.54) is 17.8 Å². The molecule has 0 radical (unpaired) electrons. The van der Waals surface area contributed by atoms with Crippen LogP contribution in [0.5, 0.6) is 5.75 Å². The van der Waals surface area contributed by atoms with Crippen molar-refractivity contribution in [1.82, 2.24) is 0 Å². The standard InChI is InChI=1S/C8H8O2S/c1-11-8-4-7(10)3-2-6(8)5-9/h2-5,10H,1H3. The molecule has 11 heavy (non-hydrogen) atoms. The van der Waals surface area contributed by atoms with Crippen molar-refractivity contribution < 1.29 is 9.90 Å². The van der Waals surface area contributed by atoms with E-state index in [4.69, 9.17) is 5.11 Å². The van der Waals surface area contributed by atoms with Crippen LogP contribution in [-0.4, -0.2) is 17.6 Å². The van der Waals surface area contributed by atoms with Crippen LogP contribution in [0, 0.1) is 0 Å². The summed E-state index contributed by atoms with van der Waals surface area (Å²) in [6, 6.07) is 4.69. The molecule has 0 bridgehead atoms. The average Bonchev–Trinajstić information content (AvgIpc) is 2.04. The van der Waals surface area contributed by atoms with Crippen LogP contribution in [0.25, 0.3) is 0 Å². The van der Waals surface area contributed by atoms with Crippen LogP contribution < -0.4 is 0 Å². The summed E-state index contributed by atoms with van der Waals surface area (Å²) in [4.78, 5) is 11.2. The fraction of sp³-hybridized carbons (Fsp3) is 0.125. The van der Waals surface area contributed by atoms with Gasteiger partial charge in [0.05, 0.1) is 0 Å². The van der Waals surface area contributed by atoms with Gasteiger partial charge in [0.1, 0.15) is 5.75 Å². The summed E-state index contributed by atoms with van der Waals surface area (Å²) in [6.45, 7) is 0. The molecule has 2 nitrogen and oxygen atoms in total. The lowest BCUT2D eigenvalue weighted by Crippen LogP contribution is -1.82. The number of thioether (sulfide) groups is 1. The third-order valence-electron chi connectivity index (χ3n) is 1.34. The molecule has 1 rings (SSSR count). The van der Waals surface area contributed by atoms with Crippen LogP contribution in [0.4, 0.5) is 0 Å². The zero-order valence-corrected chi connectivity index (χ0v) is 6.89. The first-order valence-corrected chi connectivity index (χ1v) is 4.32. The molecule has 0 aliphatic carbocycles. The summed E-state index contributed by atoms with van der Waals surface area (Å²) in [6.07, 6.45) is 2.65. The summed E-state index contributed by atoms with van der Waals surface area (Å²) < 4.78 is 0. The fourth-order valence-corrected chi connectivity index (χ4v) is 1.39. The summed E-state index contributed by atoms with van der Waals surface area (Å²) in [5.41, 5.74) is 0.621. The van der Waals surface area contributed by atoms with Crippen molar-refractivity contribution in [3.8, 4) is 5.75 Å². The van der Waals surface area contributed by atoms with Crippen molar-refractivity contribution in [2.75, 3.05) is 6.26 Å². The minimum atomic E-state index is 0.194. The second kappa shape index (κ2) is 3.44. The number of benzene rings is 1. The topological polar surface area (TPSA) is 37.3 Å². The molecule has 1 aromatic rings. The first kappa shape index (κ1) is 8.14. The fourth-order valence-electron chi connectivity index (χ4n) is 0.797. The molecule has 3 heteroatoms. The highest BCUT2D eigenvalue weighted by atomic mass is 32.2. The van der Waals surface area contributed by atoms with Crippen molar-refractivity contribution in [3.63, 3.8) is 0 Å². The largest absolute Gasteiger partial charge is 0.508 e. The Morgan fingerprint density at radius 3 is 2.82 bits per heavy atom. The molecule has 0 fully saturated rings. The third kappa shape index (κ3) is 1.74. The zero-order valence-electron chi connectivity index (χ0n) is 6.07. The Bertz CT molecular complexity index is 271. The van der Waals surface area contributed by atoms with Crippen LogP contribution in [0.2, 0.25) is 0 Å². The van der Waals surface area contributed by atoms with E-state index in [1.54, 1.807) is 12.1 Å². The maximum absolute atomic E-state index is 10.4. The average molecular weight is 168 g/mol. The van der Waals surface area contributed by atoms with Crippen LogP contribution in [-0.2, 0) is 0 Å². The van der Waals surface area contributed by atoms with E-state index in [0.29, 0.717) is 5.56 Å². The van der Waals surface area contributed by atoms with Crippen LogP contribution in [0.3, 0.4) is 0 Å². The molecule has 0 amide bonds. The Morgan fingerprint density at radius 1 is 1.55 bits per heavy atom. The molecule has 0 heterocycles. The first-order chi connectivity index (χ1) is 5.27. The van der Waals surface area contributed by atoms with Crippen LogP contribution >= 0.6 is 11.8 Å². The Balaban J connectivity index is 3.16. The van der Waals surface area contributed by atoms with Gasteiger partial charge in [-0.2, -0.15) is 0 Å². The second-order valence-corrected chi connectivity index (χ2v) is 2.89. The molecule has 0 aliphatic rings. The van der Waals surface area contributed by atoms with Gasteiger partial charge in [0.2, 0.25) is 0 Å². The van der Waals surface area contributed by atoms with Crippen molar-refractivity contribution in [2.45, 2.75) is 4.90 Å². The number of aromatic hydroxyl groups is 1. The number of hydrogen-bond acceptors (Lipinski definition) is 3. The predicted molar refractivity (Wildman–Crippen MR) is 45.3 cm³/mol. The van der Waals surface area contributed by atoms with E-state index >= 15 is 0 Å². The Kier molecular flexibility index (Phi) is 2.54. The molecule has 58 valence electrons. The van der Waals surface area contributed by atoms with Gasteiger partial charge in [-0.15, -0.1) is 11.8 Å². The van der Waals surface area contributed by atoms with Gasteiger partial charge >= 0.3 is 0 Å². The van der Waals surface area contributed by atoms with Gasteiger partial charge < -0.3 is 5.11 Å². The number of hydrogen-bond donors (Lipinski definition) is 1. The Hall–Kier alpha value is -0.960. The number of phenolic OH excluding ortho intramolecular Hbond substituents is 1. The molecule has 0 atom stereocenters. The summed E-state index contributed by atoms with van der Waals surface area (Å²) in [5, 5.41) is 9.03. The van der Waals surface area contributed by atoms with Crippen LogP contribution in [0.15, 0.2) is 23.1 Å². The predicted octanol–water partition coefficient (Wildman–Crippen LogP) is 1.93.